The molecule has 1 aromatic carbocycles. The van der Waals surface area contributed by atoms with Crippen LogP contribution in [-0.2, 0) is 13.2 Å². The molecule has 110 valence electrons. The van der Waals surface area contributed by atoms with Crippen molar-refractivity contribution in [1.82, 2.24) is 9.78 Å². The van der Waals surface area contributed by atoms with Gasteiger partial charge in [0.15, 0.2) is 5.75 Å². The molecule has 2 aromatic rings. The predicted molar refractivity (Wildman–Crippen MR) is 72.3 cm³/mol. The molecule has 8 heteroatoms. The molecule has 0 bridgehead atoms. The van der Waals surface area contributed by atoms with Crippen LogP contribution in [0.15, 0.2) is 30.6 Å². The number of hydrogen-bond donors (Lipinski definition) is 1. The molecule has 21 heavy (non-hydrogen) atoms. The number of nitro benzene ring substituents is 1. The van der Waals surface area contributed by atoms with E-state index < -0.39 is 10.9 Å². The number of aryl methyl sites for hydroxylation is 1. The van der Waals surface area contributed by atoms with Crippen LogP contribution in [0.2, 0.25) is 0 Å². The number of aromatic nitrogens is 2. The van der Waals surface area contributed by atoms with Crippen molar-refractivity contribution < 1.29 is 19.6 Å². The van der Waals surface area contributed by atoms with E-state index in [4.69, 9.17) is 9.84 Å². The second-order valence-electron chi connectivity index (χ2n) is 4.24. The first-order valence-corrected chi connectivity index (χ1v) is 6.17. The molecule has 0 aliphatic carbocycles. The summed E-state index contributed by atoms with van der Waals surface area (Å²) >= 11 is 0. The largest absolute Gasteiger partial charge is 0.482 e. The van der Waals surface area contributed by atoms with Crippen molar-refractivity contribution in [2.24, 2.45) is 0 Å². The minimum Gasteiger partial charge on any atom is -0.482 e. The summed E-state index contributed by atoms with van der Waals surface area (Å²) in [6, 6.07) is 3.53. The second-order valence-corrected chi connectivity index (χ2v) is 4.24. The van der Waals surface area contributed by atoms with Crippen LogP contribution in [0.4, 0.5) is 5.69 Å². The van der Waals surface area contributed by atoms with Crippen LogP contribution in [-0.4, -0.2) is 25.8 Å². The van der Waals surface area contributed by atoms with E-state index >= 15 is 0 Å². The summed E-state index contributed by atoms with van der Waals surface area (Å²) in [6.45, 7) is 2.77. The monoisotopic (exact) mass is 291 g/mol. The Morgan fingerprint density at radius 1 is 1.52 bits per heavy atom. The standard InChI is InChI=1S/C13H13N3O5/c1-2-15-7-9(6-14-15)8-21-12-4-3-10(13(17)18)5-11(12)16(19)20/h3-7H,2,8H2,1H3,(H,17,18). The summed E-state index contributed by atoms with van der Waals surface area (Å²) in [4.78, 5) is 21.1. The maximum Gasteiger partial charge on any atom is 0.335 e. The summed E-state index contributed by atoms with van der Waals surface area (Å²) in [7, 11) is 0. The van der Waals surface area contributed by atoms with Gasteiger partial charge in [-0.15, -0.1) is 0 Å². The molecule has 8 nitrogen and oxygen atoms in total. The Morgan fingerprint density at radius 3 is 2.86 bits per heavy atom. The lowest BCUT2D eigenvalue weighted by Gasteiger charge is -2.06. The molecule has 1 aromatic heterocycles. The first-order chi connectivity index (χ1) is 10.0. The first-order valence-electron chi connectivity index (χ1n) is 6.17. The van der Waals surface area contributed by atoms with Crippen molar-refractivity contribution in [1.29, 1.82) is 0 Å². The number of rotatable bonds is 6. The van der Waals surface area contributed by atoms with Crippen molar-refractivity contribution in [3.8, 4) is 5.75 Å². The van der Waals surface area contributed by atoms with Crippen LogP contribution >= 0.6 is 0 Å². The Balaban J connectivity index is 2.19. The molecule has 0 aliphatic rings. The van der Waals surface area contributed by atoms with Gasteiger partial charge in [0.1, 0.15) is 6.61 Å². The number of nitro groups is 1. The van der Waals surface area contributed by atoms with Crippen LogP contribution in [0.5, 0.6) is 5.75 Å². The zero-order valence-corrected chi connectivity index (χ0v) is 11.2. The van der Waals surface area contributed by atoms with Gasteiger partial charge in [-0.3, -0.25) is 14.8 Å². The normalized spacial score (nSPS) is 10.3. The summed E-state index contributed by atoms with van der Waals surface area (Å²) in [5.41, 5.74) is 0.235. The Bertz CT molecular complexity index is 680. The van der Waals surface area contributed by atoms with Crippen LogP contribution in [0.3, 0.4) is 0 Å². The van der Waals surface area contributed by atoms with Crippen LogP contribution in [0, 0.1) is 10.1 Å². The highest BCUT2D eigenvalue weighted by Gasteiger charge is 2.18. The van der Waals surface area contributed by atoms with E-state index in [1.807, 2.05) is 6.92 Å². The Hall–Kier alpha value is -2.90. The molecule has 1 N–H and O–H groups in total. The van der Waals surface area contributed by atoms with Crippen LogP contribution < -0.4 is 4.74 Å². The minimum absolute atomic E-state index is 0.0225. The topological polar surface area (TPSA) is 107 Å². The van der Waals surface area contributed by atoms with Gasteiger partial charge in [-0.25, -0.2) is 4.79 Å². The van der Waals surface area contributed by atoms with Crippen molar-refractivity contribution >= 4 is 11.7 Å². The summed E-state index contributed by atoms with van der Waals surface area (Å²) in [6.07, 6.45) is 3.39. The molecule has 0 fully saturated rings. The maximum atomic E-state index is 11.0. The molecule has 1 heterocycles. The van der Waals surface area contributed by atoms with Gasteiger partial charge in [0.2, 0.25) is 0 Å². The maximum absolute atomic E-state index is 11.0. The minimum atomic E-state index is -1.23. The Kier molecular flexibility index (Phi) is 4.17. The SMILES string of the molecule is CCn1cc(COc2ccc(C(=O)O)cc2[N+](=O)[O-])cn1. The van der Waals surface area contributed by atoms with E-state index in [1.54, 1.807) is 17.1 Å². The van der Waals surface area contributed by atoms with Gasteiger partial charge in [-0.05, 0) is 19.1 Å². The van der Waals surface area contributed by atoms with Gasteiger partial charge in [-0.2, -0.15) is 5.10 Å². The van der Waals surface area contributed by atoms with Gasteiger partial charge < -0.3 is 9.84 Å². The fraction of sp³-hybridized carbons (Fsp3) is 0.231. The van der Waals surface area contributed by atoms with E-state index in [9.17, 15) is 14.9 Å². The zero-order valence-electron chi connectivity index (χ0n) is 11.2. The molecule has 0 spiro atoms. The summed E-state index contributed by atoms with van der Waals surface area (Å²) in [5.74, 6) is -1.21. The molecule has 2 rings (SSSR count). The Labute approximate surface area is 119 Å². The van der Waals surface area contributed by atoms with Gasteiger partial charge >= 0.3 is 11.7 Å². The van der Waals surface area contributed by atoms with Crippen LogP contribution in [0.25, 0.3) is 0 Å². The number of carbonyl (C=O) groups is 1. The number of carboxylic acids is 1. The third kappa shape index (κ3) is 3.35. The van der Waals surface area contributed by atoms with Gasteiger partial charge in [-0.1, -0.05) is 0 Å². The molecule has 0 unspecified atom stereocenters. The molecular formula is C13H13N3O5. The molecular weight excluding hydrogens is 278 g/mol. The highest BCUT2D eigenvalue weighted by Crippen LogP contribution is 2.28. The van der Waals surface area contributed by atoms with Crippen molar-refractivity contribution in [2.45, 2.75) is 20.1 Å². The number of nitrogens with zero attached hydrogens (tertiary/aromatic N) is 3. The van der Waals surface area contributed by atoms with Gasteiger partial charge in [0.05, 0.1) is 16.7 Å². The number of carboxylic acid groups (broad SMARTS) is 1. The van der Waals surface area contributed by atoms with Crippen molar-refractivity contribution in [3.63, 3.8) is 0 Å². The molecule has 0 saturated heterocycles. The predicted octanol–water partition coefficient (Wildman–Crippen LogP) is 2.09. The van der Waals surface area contributed by atoms with Gasteiger partial charge in [0.25, 0.3) is 0 Å². The summed E-state index contributed by atoms with van der Waals surface area (Å²) < 4.78 is 7.10. The summed E-state index contributed by atoms with van der Waals surface area (Å²) in [5, 5.41) is 23.9. The van der Waals surface area contributed by atoms with Crippen LogP contribution in [0.1, 0.15) is 22.8 Å². The average Bonchev–Trinajstić information content (AvgIpc) is 2.92. The third-order valence-electron chi connectivity index (χ3n) is 2.81. The molecule has 0 amide bonds. The first kappa shape index (κ1) is 14.5. The Morgan fingerprint density at radius 2 is 2.29 bits per heavy atom. The lowest BCUT2D eigenvalue weighted by molar-refractivity contribution is -0.386. The lowest BCUT2D eigenvalue weighted by atomic mass is 10.2. The quantitative estimate of drug-likeness (QED) is 0.645. The fourth-order valence-corrected chi connectivity index (χ4v) is 1.73. The smallest absolute Gasteiger partial charge is 0.335 e. The second kappa shape index (κ2) is 6.04. The van der Waals surface area contributed by atoms with E-state index in [1.165, 1.54) is 12.1 Å². The fourth-order valence-electron chi connectivity index (χ4n) is 1.73. The molecule has 0 aliphatic heterocycles. The molecule has 0 atom stereocenters. The highest BCUT2D eigenvalue weighted by molar-refractivity contribution is 5.88. The number of hydrogen-bond acceptors (Lipinski definition) is 5. The average molecular weight is 291 g/mol. The lowest BCUT2D eigenvalue weighted by Crippen LogP contribution is -2.02. The molecule has 0 saturated carbocycles. The van der Waals surface area contributed by atoms with E-state index in [0.29, 0.717) is 6.54 Å². The number of aromatic carboxylic acids is 1. The highest BCUT2D eigenvalue weighted by atomic mass is 16.6. The van der Waals surface area contributed by atoms with E-state index in [0.717, 1.165) is 11.6 Å². The zero-order chi connectivity index (χ0) is 15.4. The van der Waals surface area contributed by atoms with E-state index in [2.05, 4.69) is 5.10 Å². The van der Waals surface area contributed by atoms with Crippen molar-refractivity contribution in [2.75, 3.05) is 0 Å². The van der Waals surface area contributed by atoms with E-state index in [-0.39, 0.29) is 23.6 Å². The number of ether oxygens (including phenoxy) is 1. The van der Waals surface area contributed by atoms with Gasteiger partial charge in [0, 0.05) is 24.4 Å². The molecule has 0 radical (unpaired) electrons. The van der Waals surface area contributed by atoms with Crippen molar-refractivity contribution in [3.05, 3.63) is 51.8 Å². The third-order valence-corrected chi connectivity index (χ3v) is 2.81. The number of benzene rings is 1.